The molecule has 0 bridgehead atoms. The van der Waals surface area contributed by atoms with Gasteiger partial charge in [-0.2, -0.15) is 0 Å². The van der Waals surface area contributed by atoms with Crippen molar-refractivity contribution in [2.75, 3.05) is 0 Å². The van der Waals surface area contributed by atoms with Gasteiger partial charge in [-0.1, -0.05) is 286 Å². The van der Waals surface area contributed by atoms with Crippen LogP contribution < -0.4 is 0 Å². The lowest BCUT2D eigenvalue weighted by atomic mass is 9.84. The number of benzene rings is 12. The molecule has 602 valence electrons. The summed E-state index contributed by atoms with van der Waals surface area (Å²) >= 11 is 0. The van der Waals surface area contributed by atoms with Gasteiger partial charge < -0.3 is 0 Å². The highest BCUT2D eigenvalue weighted by atomic mass is 14.8. The standard InChI is InChI=1S/C118H100N6/c1-77(2)61-87-65-81(113-41-21-25-57-119-113)45-51-105(87)109-37-17-13-33-101(109)93-69-91(70-94(73-93)102-34-14-18-38-110(102)106-52-46-82(66-88(106)62-78(3)4)114-42-22-26-58-120-114)99-31-11-9-29-97(99)85-49-55-117(123-75-85)118-56-50-86(76-124-118)98-30-10-12-32-100(98)92-71-95(103-35-15-19-39-111(103)107-53-47-83(67-89(107)63-79(5)6)115-43-23-27-59-121-115)74-96(72-92)104-36-16-20-40-112(104)108-54-48-84(68-90(108)64-80(7)8)116-44-24-28-60-122-116/h9-60,65-80H,61-64H2,1-8H3. The molecular weight excluding hydrogens is 1500 g/mol. The molecule has 0 aliphatic heterocycles. The van der Waals surface area contributed by atoms with Crippen LogP contribution in [0.3, 0.4) is 0 Å². The Bertz CT molecular complexity index is 6100. The molecule has 0 aliphatic rings. The van der Waals surface area contributed by atoms with Crippen LogP contribution in [0.4, 0.5) is 0 Å². The van der Waals surface area contributed by atoms with E-state index in [1.165, 1.54) is 66.8 Å². The Kier molecular flexibility index (Phi) is 23.7. The summed E-state index contributed by atoms with van der Waals surface area (Å²) < 4.78 is 0. The van der Waals surface area contributed by atoms with Crippen LogP contribution in [0.1, 0.15) is 77.6 Å². The third kappa shape index (κ3) is 17.6. The van der Waals surface area contributed by atoms with Gasteiger partial charge in [0.25, 0.3) is 0 Å². The lowest BCUT2D eigenvalue weighted by Gasteiger charge is -2.20. The normalized spacial score (nSPS) is 11.5. The van der Waals surface area contributed by atoms with E-state index in [2.05, 4.69) is 383 Å². The van der Waals surface area contributed by atoms with E-state index in [0.29, 0.717) is 23.7 Å². The van der Waals surface area contributed by atoms with Gasteiger partial charge in [0.05, 0.1) is 34.2 Å². The fourth-order valence-electron chi connectivity index (χ4n) is 18.1. The molecule has 18 rings (SSSR count). The van der Waals surface area contributed by atoms with E-state index >= 15 is 0 Å². The summed E-state index contributed by atoms with van der Waals surface area (Å²) in [6.07, 6.45) is 15.2. The molecule has 6 nitrogen and oxygen atoms in total. The molecule has 0 saturated heterocycles. The van der Waals surface area contributed by atoms with Gasteiger partial charge in [-0.05, 0) is 315 Å². The highest BCUT2D eigenvalue weighted by molar-refractivity contribution is 5.98. The molecule has 124 heavy (non-hydrogen) atoms. The van der Waals surface area contributed by atoms with E-state index in [0.717, 1.165) is 171 Å². The largest absolute Gasteiger partial charge is 0.256 e. The molecule has 0 atom stereocenters. The zero-order valence-electron chi connectivity index (χ0n) is 71.8. The van der Waals surface area contributed by atoms with Crippen LogP contribution in [-0.2, 0) is 25.7 Å². The summed E-state index contributed by atoms with van der Waals surface area (Å²) in [5.74, 6) is 1.70. The quantitative estimate of drug-likeness (QED) is 0.0567. The van der Waals surface area contributed by atoms with Gasteiger partial charge in [-0.15, -0.1) is 0 Å². The SMILES string of the molecule is CC(C)Cc1cc(-c2ccccn2)ccc1-c1ccccc1-c1cc(-c2ccccc2-c2ccc(-c3ccc(-c4ccccc4-c4cc(-c5ccccc5-c5ccc(-c6ccccn6)cc5CC(C)C)cc(-c5ccccc5-c5ccc(-c6ccccn6)cc5CC(C)C)c4)cn3)nc2)cc(-c2ccccc2-c2ccc(-c3ccccn3)cc2CC(C)C)c1. The third-order valence-corrected chi connectivity index (χ3v) is 23.6. The molecule has 0 amide bonds. The van der Waals surface area contributed by atoms with Crippen LogP contribution in [0.25, 0.3) is 190 Å². The fourth-order valence-corrected chi connectivity index (χ4v) is 18.1. The maximum Gasteiger partial charge on any atom is 0.0886 e. The van der Waals surface area contributed by atoms with Gasteiger partial charge in [0.15, 0.2) is 0 Å². The number of pyridine rings is 6. The Hall–Kier alpha value is -14.5. The van der Waals surface area contributed by atoms with Gasteiger partial charge in [0.1, 0.15) is 0 Å². The molecule has 0 spiro atoms. The molecule has 0 radical (unpaired) electrons. The monoisotopic (exact) mass is 1600 g/mol. The van der Waals surface area contributed by atoms with Crippen molar-refractivity contribution < 1.29 is 0 Å². The van der Waals surface area contributed by atoms with Crippen LogP contribution in [-0.4, -0.2) is 29.9 Å². The van der Waals surface area contributed by atoms with E-state index in [1.807, 2.05) is 61.4 Å². The minimum atomic E-state index is 0.426. The number of hydrogen-bond donors (Lipinski definition) is 0. The average Bonchev–Trinajstić information content (AvgIpc) is 0.757. The summed E-state index contributed by atoms with van der Waals surface area (Å²) in [4.78, 5) is 29.7. The first-order valence-corrected chi connectivity index (χ1v) is 43.7. The van der Waals surface area contributed by atoms with Crippen LogP contribution in [0.2, 0.25) is 0 Å². The van der Waals surface area contributed by atoms with Gasteiger partial charge in [-0.3, -0.25) is 29.9 Å². The minimum absolute atomic E-state index is 0.426. The Balaban J connectivity index is 0.724. The van der Waals surface area contributed by atoms with Gasteiger partial charge in [-0.25, -0.2) is 0 Å². The molecule has 0 N–H and O–H groups in total. The van der Waals surface area contributed by atoms with Crippen LogP contribution in [0.5, 0.6) is 0 Å². The second kappa shape index (κ2) is 36.5. The van der Waals surface area contributed by atoms with Crippen LogP contribution >= 0.6 is 0 Å². The van der Waals surface area contributed by atoms with Gasteiger partial charge >= 0.3 is 0 Å². The highest BCUT2D eigenvalue weighted by Crippen LogP contribution is 2.48. The van der Waals surface area contributed by atoms with Crippen molar-refractivity contribution >= 4 is 0 Å². The summed E-state index contributed by atoms with van der Waals surface area (Å²) in [5.41, 5.74) is 42.5. The minimum Gasteiger partial charge on any atom is -0.256 e. The zero-order chi connectivity index (χ0) is 84.6. The number of rotatable bonds is 25. The maximum absolute atomic E-state index is 5.29. The summed E-state index contributed by atoms with van der Waals surface area (Å²) in [6.45, 7) is 18.5. The molecule has 12 aromatic carbocycles. The number of hydrogen-bond acceptors (Lipinski definition) is 6. The zero-order valence-corrected chi connectivity index (χ0v) is 71.8. The van der Waals surface area contributed by atoms with Crippen molar-refractivity contribution in [3.8, 4) is 190 Å². The molecule has 0 aliphatic carbocycles. The Morgan fingerprint density at radius 1 is 0.153 bits per heavy atom. The second-order valence-corrected chi connectivity index (χ2v) is 34.5. The Labute approximate surface area is 731 Å². The number of nitrogens with zero attached hydrogens (tertiary/aromatic N) is 6. The molecule has 0 fully saturated rings. The van der Waals surface area contributed by atoms with E-state index < -0.39 is 0 Å². The molecular formula is C118H100N6. The summed E-state index contributed by atoms with van der Waals surface area (Å²) in [7, 11) is 0. The second-order valence-electron chi connectivity index (χ2n) is 34.5. The van der Waals surface area contributed by atoms with E-state index in [4.69, 9.17) is 29.9 Å². The average molecular weight is 1600 g/mol. The Morgan fingerprint density at radius 3 is 0.540 bits per heavy atom. The van der Waals surface area contributed by atoms with Crippen molar-refractivity contribution in [2.24, 2.45) is 23.7 Å². The number of aromatic nitrogens is 6. The van der Waals surface area contributed by atoms with Crippen molar-refractivity contribution in [3.05, 3.63) is 411 Å². The first kappa shape index (κ1) is 80.6. The lowest BCUT2D eigenvalue weighted by molar-refractivity contribution is 0.648. The van der Waals surface area contributed by atoms with Crippen LogP contribution in [0.15, 0.2) is 389 Å². The smallest absolute Gasteiger partial charge is 0.0886 e. The lowest BCUT2D eigenvalue weighted by Crippen LogP contribution is -2.00. The predicted molar refractivity (Wildman–Crippen MR) is 520 cm³/mol. The van der Waals surface area contributed by atoms with Crippen molar-refractivity contribution in [3.63, 3.8) is 0 Å². The topological polar surface area (TPSA) is 77.3 Å². The summed E-state index contributed by atoms with van der Waals surface area (Å²) in [5, 5.41) is 0. The van der Waals surface area contributed by atoms with Gasteiger partial charge in [0, 0.05) is 70.6 Å². The van der Waals surface area contributed by atoms with E-state index in [-0.39, 0.29) is 0 Å². The van der Waals surface area contributed by atoms with Crippen molar-refractivity contribution in [1.82, 2.24) is 29.9 Å². The summed E-state index contributed by atoms with van der Waals surface area (Å²) in [6, 6.07) is 129. The molecule has 6 aromatic heterocycles. The molecule has 18 aromatic rings. The predicted octanol–water partition coefficient (Wildman–Crippen LogP) is 31.2. The third-order valence-electron chi connectivity index (χ3n) is 23.6. The van der Waals surface area contributed by atoms with E-state index in [9.17, 15) is 0 Å². The molecule has 6 heterocycles. The Morgan fingerprint density at radius 2 is 0.347 bits per heavy atom. The van der Waals surface area contributed by atoms with Gasteiger partial charge in [0.2, 0.25) is 0 Å². The van der Waals surface area contributed by atoms with Crippen LogP contribution in [0, 0.1) is 23.7 Å². The highest BCUT2D eigenvalue weighted by Gasteiger charge is 2.25. The first-order chi connectivity index (χ1) is 60.7. The first-order valence-electron chi connectivity index (χ1n) is 43.7. The fraction of sp³-hybridized carbons (Fsp3) is 0.136. The molecule has 0 unspecified atom stereocenters. The van der Waals surface area contributed by atoms with Crippen molar-refractivity contribution in [1.29, 1.82) is 0 Å². The van der Waals surface area contributed by atoms with E-state index in [1.54, 1.807) is 0 Å². The van der Waals surface area contributed by atoms with Crippen molar-refractivity contribution in [2.45, 2.75) is 81.1 Å². The molecule has 6 heteroatoms. The maximum atomic E-state index is 5.29. The molecule has 0 saturated carbocycles.